The molecule has 1 fully saturated rings. The lowest BCUT2D eigenvalue weighted by atomic mass is 10.1. The number of sulfonamides is 1. The summed E-state index contributed by atoms with van der Waals surface area (Å²) in [6.07, 6.45) is 0.232. The maximum absolute atomic E-state index is 12.7. The molecule has 0 radical (unpaired) electrons. The van der Waals surface area contributed by atoms with Crippen molar-refractivity contribution in [2.75, 3.05) is 35.8 Å². The summed E-state index contributed by atoms with van der Waals surface area (Å²) in [5, 5.41) is 12.5. The molecule has 172 valence electrons. The zero-order valence-corrected chi connectivity index (χ0v) is 19.2. The van der Waals surface area contributed by atoms with Gasteiger partial charge in [-0.25, -0.2) is 8.42 Å². The van der Waals surface area contributed by atoms with E-state index in [1.807, 2.05) is 0 Å². The molecule has 1 aliphatic heterocycles. The molecule has 0 atom stereocenters. The summed E-state index contributed by atoms with van der Waals surface area (Å²) >= 11 is 1.15. The van der Waals surface area contributed by atoms with E-state index >= 15 is 0 Å². The second-order valence-electron chi connectivity index (χ2n) is 7.55. The van der Waals surface area contributed by atoms with Crippen molar-refractivity contribution < 1.29 is 18.1 Å². The first kappa shape index (κ1) is 22.7. The van der Waals surface area contributed by atoms with Crippen molar-refractivity contribution in [2.45, 2.75) is 10.6 Å². The molecule has 9 nitrogen and oxygen atoms in total. The van der Waals surface area contributed by atoms with Gasteiger partial charge in [0.15, 0.2) is 0 Å². The molecule has 0 aliphatic carbocycles. The van der Waals surface area contributed by atoms with Gasteiger partial charge in [-0.05, 0) is 41.3 Å². The molecular weight excluding hydrogens is 464 g/mol. The number of benzene rings is 2. The van der Waals surface area contributed by atoms with Gasteiger partial charge in [-0.15, -0.1) is 11.3 Å². The Bertz CT molecular complexity index is 1220. The largest absolute Gasteiger partial charge is 0.368 e. The number of hydrogen-bond acceptors (Lipinski definition) is 7. The average Bonchev–Trinajstić information content (AvgIpc) is 3.37. The molecule has 0 bridgehead atoms. The van der Waals surface area contributed by atoms with Crippen molar-refractivity contribution in [2.24, 2.45) is 0 Å². The molecule has 1 amide bonds. The van der Waals surface area contributed by atoms with Crippen molar-refractivity contribution in [1.29, 1.82) is 0 Å². The van der Waals surface area contributed by atoms with Crippen LogP contribution in [0.15, 0.2) is 70.3 Å². The van der Waals surface area contributed by atoms with Gasteiger partial charge >= 0.3 is 0 Å². The van der Waals surface area contributed by atoms with E-state index in [4.69, 9.17) is 0 Å². The number of nitrogens with zero attached hydrogens (tertiary/aromatic N) is 3. The summed E-state index contributed by atoms with van der Waals surface area (Å²) in [5.41, 5.74) is 2.19. The summed E-state index contributed by atoms with van der Waals surface area (Å²) in [7, 11) is -3.60. The van der Waals surface area contributed by atoms with Crippen LogP contribution in [0.1, 0.15) is 5.56 Å². The van der Waals surface area contributed by atoms with Crippen LogP contribution in [0.2, 0.25) is 0 Å². The van der Waals surface area contributed by atoms with E-state index < -0.39 is 14.9 Å². The topological polar surface area (TPSA) is 113 Å². The molecule has 2 heterocycles. The van der Waals surface area contributed by atoms with Crippen LogP contribution in [-0.2, 0) is 21.2 Å². The first-order chi connectivity index (χ1) is 15.8. The zero-order chi connectivity index (χ0) is 23.4. The first-order valence-corrected chi connectivity index (χ1v) is 12.6. The van der Waals surface area contributed by atoms with Gasteiger partial charge in [-0.1, -0.05) is 18.2 Å². The van der Waals surface area contributed by atoms with Crippen molar-refractivity contribution in [3.63, 3.8) is 0 Å². The third kappa shape index (κ3) is 5.49. The quantitative estimate of drug-likeness (QED) is 0.405. The number of carbonyl (C=O) groups excluding carboxylic acids is 1. The maximum atomic E-state index is 12.7. The summed E-state index contributed by atoms with van der Waals surface area (Å²) in [6, 6.07) is 16.4. The van der Waals surface area contributed by atoms with E-state index in [-0.39, 0.29) is 22.2 Å². The highest BCUT2D eigenvalue weighted by molar-refractivity contribution is 7.94. The highest BCUT2D eigenvalue weighted by Crippen LogP contribution is 2.22. The number of rotatable bonds is 7. The van der Waals surface area contributed by atoms with Crippen LogP contribution >= 0.6 is 11.3 Å². The Labute approximate surface area is 195 Å². The second kappa shape index (κ2) is 9.59. The number of hydrogen-bond donors (Lipinski definition) is 1. The van der Waals surface area contributed by atoms with Gasteiger partial charge in [-0.3, -0.25) is 19.6 Å². The fourth-order valence-electron chi connectivity index (χ4n) is 3.60. The minimum absolute atomic E-state index is 0.00488. The highest BCUT2D eigenvalue weighted by Gasteiger charge is 2.22. The van der Waals surface area contributed by atoms with E-state index in [0.29, 0.717) is 31.9 Å². The minimum atomic E-state index is -3.60. The normalized spacial score (nSPS) is 14.2. The Morgan fingerprint density at radius 3 is 2.24 bits per heavy atom. The zero-order valence-electron chi connectivity index (χ0n) is 17.6. The molecule has 3 aromatic rings. The molecular formula is C22H22N4O5S2. The van der Waals surface area contributed by atoms with E-state index in [1.54, 1.807) is 58.8 Å². The lowest BCUT2D eigenvalue weighted by Crippen LogP contribution is -2.49. The molecule has 4 rings (SSSR count). The fourth-order valence-corrected chi connectivity index (χ4v) is 5.65. The summed E-state index contributed by atoms with van der Waals surface area (Å²) in [6.45, 7) is 2.42. The molecule has 0 saturated carbocycles. The predicted octanol–water partition coefficient (Wildman–Crippen LogP) is 3.35. The van der Waals surface area contributed by atoms with Crippen molar-refractivity contribution in [3.8, 4) is 0 Å². The van der Waals surface area contributed by atoms with E-state index in [9.17, 15) is 23.3 Å². The summed E-state index contributed by atoms with van der Waals surface area (Å²) < 4.78 is 27.4. The van der Waals surface area contributed by atoms with E-state index in [0.717, 1.165) is 22.6 Å². The molecule has 1 N–H and O–H groups in total. The average molecular weight is 487 g/mol. The molecule has 33 heavy (non-hydrogen) atoms. The third-order valence-electron chi connectivity index (χ3n) is 5.38. The molecule has 2 aromatic carbocycles. The van der Waals surface area contributed by atoms with Crippen LogP contribution in [0.5, 0.6) is 0 Å². The monoisotopic (exact) mass is 486 g/mol. The van der Waals surface area contributed by atoms with Gasteiger partial charge in [0.1, 0.15) is 4.21 Å². The number of amides is 1. The Morgan fingerprint density at radius 2 is 1.67 bits per heavy atom. The van der Waals surface area contributed by atoms with Crippen LogP contribution < -0.4 is 9.62 Å². The Morgan fingerprint density at radius 1 is 1.00 bits per heavy atom. The highest BCUT2D eigenvalue weighted by atomic mass is 32.2. The van der Waals surface area contributed by atoms with Crippen molar-refractivity contribution >= 4 is 44.3 Å². The number of nitrogens with one attached hydrogen (secondary N) is 1. The van der Waals surface area contributed by atoms with E-state index in [2.05, 4.69) is 9.62 Å². The Hall–Kier alpha value is -3.44. The summed E-state index contributed by atoms with van der Waals surface area (Å²) in [4.78, 5) is 27.0. The van der Waals surface area contributed by atoms with Crippen molar-refractivity contribution in [3.05, 3.63) is 81.7 Å². The minimum Gasteiger partial charge on any atom is -0.368 e. The van der Waals surface area contributed by atoms with Crippen LogP contribution in [-0.4, -0.2) is 50.3 Å². The lowest BCUT2D eigenvalue weighted by Gasteiger charge is -2.36. The van der Waals surface area contributed by atoms with Crippen LogP contribution in [0.4, 0.5) is 17.1 Å². The standard InChI is InChI=1S/C22H22N4O5S2/c27-21(25-13-11-24(12-14-25)19-7-9-20(10-8-19)26(28)29)16-17-3-5-18(6-4-17)23-33(30,31)22-2-1-15-32-22/h1-10,15,23H,11-14,16H2. The SMILES string of the molecule is O=C(Cc1ccc(NS(=O)(=O)c2cccs2)cc1)N1CCN(c2ccc([N+](=O)[O-])cc2)CC1. The van der Waals surface area contributed by atoms with Crippen LogP contribution in [0.25, 0.3) is 0 Å². The van der Waals surface area contributed by atoms with Gasteiger partial charge in [0.2, 0.25) is 5.91 Å². The molecule has 0 spiro atoms. The number of piperazine rings is 1. The van der Waals surface area contributed by atoms with Gasteiger partial charge < -0.3 is 9.80 Å². The Balaban J connectivity index is 1.29. The second-order valence-corrected chi connectivity index (χ2v) is 10.4. The van der Waals surface area contributed by atoms with Crippen LogP contribution in [0.3, 0.4) is 0 Å². The molecule has 0 unspecified atom stereocenters. The molecule has 1 saturated heterocycles. The van der Waals surface area contributed by atoms with Gasteiger partial charge in [0.05, 0.1) is 11.3 Å². The number of anilines is 2. The number of nitro groups is 1. The number of carbonyl (C=O) groups is 1. The molecule has 11 heteroatoms. The predicted molar refractivity (Wildman–Crippen MR) is 127 cm³/mol. The fraction of sp³-hybridized carbons (Fsp3) is 0.227. The maximum Gasteiger partial charge on any atom is 0.271 e. The first-order valence-electron chi connectivity index (χ1n) is 10.2. The van der Waals surface area contributed by atoms with Crippen molar-refractivity contribution in [1.82, 2.24) is 4.90 Å². The molecule has 1 aliphatic rings. The van der Waals surface area contributed by atoms with Gasteiger partial charge in [-0.2, -0.15) is 0 Å². The van der Waals surface area contributed by atoms with E-state index in [1.165, 1.54) is 12.1 Å². The van der Waals surface area contributed by atoms with Crippen LogP contribution in [0, 0.1) is 10.1 Å². The third-order valence-corrected chi connectivity index (χ3v) is 8.16. The van der Waals surface area contributed by atoms with Gasteiger partial charge in [0.25, 0.3) is 15.7 Å². The molecule has 1 aromatic heterocycles. The summed E-state index contributed by atoms with van der Waals surface area (Å²) in [5.74, 6) is 0.00488. The number of nitro benzene ring substituents is 1. The number of thiophene rings is 1. The smallest absolute Gasteiger partial charge is 0.271 e. The number of non-ortho nitro benzene ring substituents is 1. The lowest BCUT2D eigenvalue weighted by molar-refractivity contribution is -0.384. The Kier molecular flexibility index (Phi) is 6.61. The van der Waals surface area contributed by atoms with Gasteiger partial charge in [0, 0.05) is 49.7 Å².